The van der Waals surface area contributed by atoms with Crippen LogP contribution in [0.15, 0.2) is 6.33 Å². The summed E-state index contributed by atoms with van der Waals surface area (Å²) < 4.78 is 2.13. The van der Waals surface area contributed by atoms with Crippen LogP contribution in [-0.4, -0.2) is 31.9 Å². The van der Waals surface area contributed by atoms with E-state index in [1.54, 1.807) is 6.33 Å². The first-order chi connectivity index (χ1) is 10.7. The van der Waals surface area contributed by atoms with Crippen LogP contribution >= 0.6 is 0 Å². The van der Waals surface area contributed by atoms with Crippen molar-refractivity contribution in [3.63, 3.8) is 0 Å². The fourth-order valence-electron chi connectivity index (χ4n) is 3.77. The van der Waals surface area contributed by atoms with Crippen LogP contribution in [0.3, 0.4) is 0 Å². The zero-order valence-corrected chi connectivity index (χ0v) is 13.1. The molecule has 2 N–H and O–H groups in total. The first kappa shape index (κ1) is 15.5. The van der Waals surface area contributed by atoms with Crippen molar-refractivity contribution in [2.24, 2.45) is 5.92 Å². The zero-order chi connectivity index (χ0) is 15.4. The third-order valence-corrected chi connectivity index (χ3v) is 5.05. The maximum Gasteiger partial charge on any atom is 0.223 e. The summed E-state index contributed by atoms with van der Waals surface area (Å²) in [4.78, 5) is 12.2. The van der Waals surface area contributed by atoms with Crippen molar-refractivity contribution in [2.45, 2.75) is 76.5 Å². The number of carbonyl (C=O) groups is 1. The molecule has 2 aliphatic carbocycles. The van der Waals surface area contributed by atoms with E-state index in [0.717, 1.165) is 25.1 Å². The molecule has 1 amide bonds. The summed E-state index contributed by atoms with van der Waals surface area (Å²) in [5.74, 6) is 0.823. The molecule has 0 aromatic carbocycles. The highest BCUT2D eigenvalue weighted by atomic mass is 16.3. The lowest BCUT2D eigenvalue weighted by Crippen LogP contribution is -2.35. The van der Waals surface area contributed by atoms with Gasteiger partial charge in [0.05, 0.1) is 12.6 Å². The number of aliphatic hydroxyl groups excluding tert-OH is 1. The minimum absolute atomic E-state index is 0.0388. The van der Waals surface area contributed by atoms with Gasteiger partial charge in [-0.05, 0) is 32.1 Å². The molecule has 0 radical (unpaired) electrons. The Bertz CT molecular complexity index is 496. The molecule has 6 nitrogen and oxygen atoms in total. The first-order valence-corrected chi connectivity index (χ1v) is 8.58. The van der Waals surface area contributed by atoms with Crippen LogP contribution in [0.25, 0.3) is 0 Å². The summed E-state index contributed by atoms with van der Waals surface area (Å²) in [5, 5.41) is 20.9. The topological polar surface area (TPSA) is 80.0 Å². The molecule has 6 heteroatoms. The molecule has 1 aromatic rings. The van der Waals surface area contributed by atoms with Crippen LogP contribution < -0.4 is 5.32 Å². The van der Waals surface area contributed by atoms with Gasteiger partial charge in [-0.15, -0.1) is 10.2 Å². The van der Waals surface area contributed by atoms with Crippen molar-refractivity contribution < 1.29 is 9.90 Å². The summed E-state index contributed by atoms with van der Waals surface area (Å²) >= 11 is 0. The Hall–Kier alpha value is -1.43. The summed E-state index contributed by atoms with van der Waals surface area (Å²) in [5.41, 5.74) is 0. The van der Waals surface area contributed by atoms with E-state index in [2.05, 4.69) is 20.1 Å². The summed E-state index contributed by atoms with van der Waals surface area (Å²) in [6.07, 6.45) is 10.9. The summed E-state index contributed by atoms with van der Waals surface area (Å²) in [6.45, 7) is 0.432. The van der Waals surface area contributed by atoms with E-state index in [4.69, 9.17) is 0 Å². The van der Waals surface area contributed by atoms with E-state index in [-0.39, 0.29) is 17.9 Å². The molecule has 0 spiro atoms. The largest absolute Gasteiger partial charge is 0.393 e. The number of nitrogens with one attached hydrogen (secondary N) is 1. The highest BCUT2D eigenvalue weighted by Gasteiger charge is 2.26. The average molecular weight is 306 g/mol. The summed E-state index contributed by atoms with van der Waals surface area (Å²) in [6, 6.07) is 0.479. The minimum Gasteiger partial charge on any atom is -0.393 e. The monoisotopic (exact) mass is 306 g/mol. The van der Waals surface area contributed by atoms with Crippen molar-refractivity contribution in [3.8, 4) is 0 Å². The molecule has 2 fully saturated rings. The Balaban J connectivity index is 1.55. The normalized spacial score (nSPS) is 26.8. The number of nitrogens with zero attached hydrogens (tertiary/aromatic N) is 3. The maximum atomic E-state index is 12.2. The molecule has 1 heterocycles. The number of amides is 1. The van der Waals surface area contributed by atoms with E-state index >= 15 is 0 Å². The fourth-order valence-corrected chi connectivity index (χ4v) is 3.77. The van der Waals surface area contributed by atoms with Crippen LogP contribution in [0.2, 0.25) is 0 Å². The van der Waals surface area contributed by atoms with Gasteiger partial charge < -0.3 is 15.0 Å². The zero-order valence-electron chi connectivity index (χ0n) is 13.1. The van der Waals surface area contributed by atoms with Crippen LogP contribution in [-0.2, 0) is 11.3 Å². The smallest absolute Gasteiger partial charge is 0.223 e. The predicted molar refractivity (Wildman–Crippen MR) is 82.0 cm³/mol. The molecule has 0 saturated heterocycles. The van der Waals surface area contributed by atoms with Crippen LogP contribution in [0, 0.1) is 5.92 Å². The highest BCUT2D eigenvalue weighted by Crippen LogP contribution is 2.28. The second kappa shape index (κ2) is 7.22. The van der Waals surface area contributed by atoms with Crippen molar-refractivity contribution >= 4 is 5.91 Å². The number of hydrogen-bond acceptors (Lipinski definition) is 4. The maximum absolute atomic E-state index is 12.2. The molecular weight excluding hydrogens is 280 g/mol. The van der Waals surface area contributed by atoms with Crippen LogP contribution in [0.5, 0.6) is 0 Å². The molecule has 0 bridgehead atoms. The fraction of sp³-hybridized carbons (Fsp3) is 0.812. The second-order valence-corrected chi connectivity index (χ2v) is 6.68. The Kier molecular flexibility index (Phi) is 5.08. The van der Waals surface area contributed by atoms with Gasteiger partial charge in [0.15, 0.2) is 5.82 Å². The van der Waals surface area contributed by atoms with Gasteiger partial charge in [0.1, 0.15) is 6.33 Å². The van der Waals surface area contributed by atoms with Crippen LogP contribution in [0.1, 0.15) is 69.7 Å². The van der Waals surface area contributed by atoms with E-state index in [9.17, 15) is 9.90 Å². The molecule has 1 aromatic heterocycles. The second-order valence-electron chi connectivity index (χ2n) is 6.68. The Morgan fingerprint density at radius 1 is 1.23 bits per heavy atom. The SMILES string of the molecule is O=C(NCc1nncn1C1CCCCC1)[C@H]1CCC[C@H](O)C1. The molecular formula is C16H26N4O2. The van der Waals surface area contributed by atoms with Crippen molar-refractivity contribution in [1.29, 1.82) is 0 Å². The molecule has 2 atom stereocenters. The molecule has 0 unspecified atom stereocenters. The molecule has 2 saturated carbocycles. The predicted octanol–water partition coefficient (Wildman–Crippen LogP) is 1.95. The Labute approximate surface area is 131 Å². The van der Waals surface area contributed by atoms with Crippen molar-refractivity contribution in [3.05, 3.63) is 12.2 Å². The lowest BCUT2D eigenvalue weighted by molar-refractivity contribution is -0.127. The van der Waals surface area contributed by atoms with Gasteiger partial charge >= 0.3 is 0 Å². The van der Waals surface area contributed by atoms with Gasteiger partial charge in [-0.2, -0.15) is 0 Å². The average Bonchev–Trinajstić information content (AvgIpc) is 3.02. The number of rotatable bonds is 4. The van der Waals surface area contributed by atoms with E-state index < -0.39 is 0 Å². The first-order valence-electron chi connectivity index (χ1n) is 8.58. The van der Waals surface area contributed by atoms with Gasteiger partial charge in [0, 0.05) is 12.0 Å². The lowest BCUT2D eigenvalue weighted by Gasteiger charge is -2.26. The van der Waals surface area contributed by atoms with E-state index in [1.807, 2.05) is 0 Å². The van der Waals surface area contributed by atoms with Gasteiger partial charge in [-0.1, -0.05) is 25.7 Å². The lowest BCUT2D eigenvalue weighted by atomic mass is 9.87. The Morgan fingerprint density at radius 2 is 2.05 bits per heavy atom. The van der Waals surface area contributed by atoms with E-state index in [0.29, 0.717) is 19.0 Å². The number of aromatic nitrogens is 3. The van der Waals surface area contributed by atoms with Gasteiger partial charge in [-0.25, -0.2) is 0 Å². The molecule has 122 valence electrons. The third-order valence-electron chi connectivity index (χ3n) is 5.05. The van der Waals surface area contributed by atoms with E-state index in [1.165, 1.54) is 32.1 Å². The molecule has 0 aliphatic heterocycles. The van der Waals surface area contributed by atoms with Gasteiger partial charge in [-0.3, -0.25) is 4.79 Å². The number of carbonyl (C=O) groups excluding carboxylic acids is 1. The molecule has 3 rings (SSSR count). The molecule has 2 aliphatic rings. The van der Waals surface area contributed by atoms with Gasteiger partial charge in [0.25, 0.3) is 0 Å². The number of aliphatic hydroxyl groups is 1. The van der Waals surface area contributed by atoms with Gasteiger partial charge in [0.2, 0.25) is 5.91 Å². The quantitative estimate of drug-likeness (QED) is 0.891. The van der Waals surface area contributed by atoms with Crippen LogP contribution in [0.4, 0.5) is 0 Å². The standard InChI is InChI=1S/C16H26N4O2/c21-14-8-4-5-12(9-14)16(22)17-10-15-19-18-11-20(15)13-6-2-1-3-7-13/h11-14,21H,1-10H2,(H,17,22)/t12-,14-/m0/s1. The highest BCUT2D eigenvalue weighted by molar-refractivity contribution is 5.78. The van der Waals surface area contributed by atoms with Crippen molar-refractivity contribution in [2.75, 3.05) is 0 Å². The minimum atomic E-state index is -0.324. The third kappa shape index (κ3) is 3.66. The number of hydrogen-bond donors (Lipinski definition) is 2. The summed E-state index contributed by atoms with van der Waals surface area (Å²) in [7, 11) is 0. The molecule has 22 heavy (non-hydrogen) atoms. The van der Waals surface area contributed by atoms with Crippen molar-refractivity contribution in [1.82, 2.24) is 20.1 Å². The Morgan fingerprint density at radius 3 is 2.82 bits per heavy atom.